The molecule has 0 bridgehead atoms. The standard InChI is InChI=1S/C10H7BrClNO2/c1-2-3-15-13-10(14)7-4-8(11)6-9(12)5-7/h1,4-6H,3H2,(H,13,14). The second kappa shape index (κ2) is 5.76. The summed E-state index contributed by atoms with van der Waals surface area (Å²) in [5.41, 5.74) is 2.59. The van der Waals surface area contributed by atoms with Crippen LogP contribution in [-0.2, 0) is 4.84 Å². The lowest BCUT2D eigenvalue weighted by Crippen LogP contribution is -2.23. The van der Waals surface area contributed by atoms with Gasteiger partial charge in [-0.15, -0.1) is 6.42 Å². The van der Waals surface area contributed by atoms with Crippen molar-refractivity contribution in [3.8, 4) is 12.3 Å². The SMILES string of the molecule is C#CCONC(=O)c1cc(Cl)cc(Br)c1. The largest absolute Gasteiger partial charge is 0.274 e. The molecule has 0 aliphatic heterocycles. The number of terminal acetylenes is 1. The maximum Gasteiger partial charge on any atom is 0.274 e. The first kappa shape index (κ1) is 12.1. The third-order valence-electron chi connectivity index (χ3n) is 1.45. The highest BCUT2D eigenvalue weighted by atomic mass is 79.9. The van der Waals surface area contributed by atoms with Crippen molar-refractivity contribution in [2.45, 2.75) is 0 Å². The van der Waals surface area contributed by atoms with Crippen LogP contribution >= 0.6 is 27.5 Å². The van der Waals surface area contributed by atoms with E-state index in [2.05, 4.69) is 32.2 Å². The lowest BCUT2D eigenvalue weighted by Gasteiger charge is -2.04. The summed E-state index contributed by atoms with van der Waals surface area (Å²) in [5, 5.41) is 0.464. The Kier molecular flexibility index (Phi) is 4.63. The number of rotatable bonds is 3. The molecule has 0 unspecified atom stereocenters. The minimum Gasteiger partial charge on any atom is -0.267 e. The van der Waals surface area contributed by atoms with Crippen LogP contribution in [0, 0.1) is 12.3 Å². The van der Waals surface area contributed by atoms with Gasteiger partial charge in [0.2, 0.25) is 0 Å². The van der Waals surface area contributed by atoms with E-state index in [0.29, 0.717) is 10.6 Å². The van der Waals surface area contributed by atoms with Gasteiger partial charge in [-0.2, -0.15) is 0 Å². The number of carbonyl (C=O) groups is 1. The van der Waals surface area contributed by atoms with Crippen LogP contribution in [0.4, 0.5) is 0 Å². The molecule has 0 aliphatic carbocycles. The van der Waals surface area contributed by atoms with Crippen LogP contribution in [0.3, 0.4) is 0 Å². The molecule has 0 radical (unpaired) electrons. The van der Waals surface area contributed by atoms with Crippen molar-refractivity contribution in [3.05, 3.63) is 33.3 Å². The van der Waals surface area contributed by atoms with E-state index in [0.717, 1.165) is 4.47 Å². The van der Waals surface area contributed by atoms with E-state index in [9.17, 15) is 4.79 Å². The lowest BCUT2D eigenvalue weighted by atomic mass is 10.2. The third-order valence-corrected chi connectivity index (χ3v) is 2.12. The Morgan fingerprint density at radius 1 is 1.60 bits per heavy atom. The number of hydroxylamine groups is 1. The van der Waals surface area contributed by atoms with Crippen LogP contribution < -0.4 is 5.48 Å². The molecular formula is C10H7BrClNO2. The normalized spacial score (nSPS) is 9.40. The molecule has 0 aliphatic rings. The van der Waals surface area contributed by atoms with Crippen LogP contribution in [0.5, 0.6) is 0 Å². The van der Waals surface area contributed by atoms with Crippen LogP contribution in [0.1, 0.15) is 10.4 Å². The van der Waals surface area contributed by atoms with Gasteiger partial charge in [0.05, 0.1) is 0 Å². The Morgan fingerprint density at radius 3 is 2.93 bits per heavy atom. The first-order chi connectivity index (χ1) is 7.13. The molecule has 15 heavy (non-hydrogen) atoms. The molecule has 0 fully saturated rings. The monoisotopic (exact) mass is 287 g/mol. The Balaban J connectivity index is 2.70. The Morgan fingerprint density at radius 2 is 2.33 bits per heavy atom. The molecule has 1 aromatic rings. The first-order valence-electron chi connectivity index (χ1n) is 3.95. The van der Waals surface area contributed by atoms with Crippen molar-refractivity contribution in [2.24, 2.45) is 0 Å². The second-order valence-electron chi connectivity index (χ2n) is 2.58. The Labute approximate surface area is 101 Å². The maximum atomic E-state index is 11.4. The molecule has 0 saturated carbocycles. The van der Waals surface area contributed by atoms with Gasteiger partial charge in [0.15, 0.2) is 0 Å². The molecule has 1 rings (SSSR count). The van der Waals surface area contributed by atoms with Gasteiger partial charge in [-0.1, -0.05) is 33.5 Å². The van der Waals surface area contributed by atoms with Gasteiger partial charge >= 0.3 is 0 Å². The van der Waals surface area contributed by atoms with E-state index in [1.165, 1.54) is 6.07 Å². The van der Waals surface area contributed by atoms with Crippen molar-refractivity contribution in [1.29, 1.82) is 0 Å². The lowest BCUT2D eigenvalue weighted by molar-refractivity contribution is 0.0438. The van der Waals surface area contributed by atoms with E-state index < -0.39 is 5.91 Å². The van der Waals surface area contributed by atoms with Crippen LogP contribution in [0.2, 0.25) is 5.02 Å². The van der Waals surface area contributed by atoms with E-state index in [-0.39, 0.29) is 6.61 Å². The fraction of sp³-hybridized carbons (Fsp3) is 0.100. The number of halogens is 2. The quantitative estimate of drug-likeness (QED) is 0.527. The number of amides is 1. The molecule has 0 spiro atoms. The Bertz CT molecular complexity index is 394. The van der Waals surface area contributed by atoms with Crippen molar-refractivity contribution in [1.82, 2.24) is 5.48 Å². The third kappa shape index (κ3) is 3.92. The van der Waals surface area contributed by atoms with Crippen LogP contribution in [0.15, 0.2) is 22.7 Å². The highest BCUT2D eigenvalue weighted by Gasteiger charge is 2.06. The molecule has 78 valence electrons. The number of hydrogen-bond donors (Lipinski definition) is 1. The van der Waals surface area contributed by atoms with E-state index in [1.54, 1.807) is 12.1 Å². The van der Waals surface area contributed by atoms with Gasteiger partial charge in [0, 0.05) is 15.1 Å². The number of nitrogens with one attached hydrogen (secondary N) is 1. The van der Waals surface area contributed by atoms with Gasteiger partial charge in [-0.25, -0.2) is 5.48 Å². The first-order valence-corrected chi connectivity index (χ1v) is 5.12. The van der Waals surface area contributed by atoms with Crippen molar-refractivity contribution < 1.29 is 9.63 Å². The highest BCUT2D eigenvalue weighted by molar-refractivity contribution is 9.10. The molecule has 1 amide bonds. The second-order valence-corrected chi connectivity index (χ2v) is 3.93. The summed E-state index contributed by atoms with van der Waals surface area (Å²) in [5.74, 6) is 1.83. The molecule has 0 heterocycles. The van der Waals surface area contributed by atoms with Crippen LogP contribution in [-0.4, -0.2) is 12.5 Å². The molecule has 5 heteroatoms. The van der Waals surface area contributed by atoms with Crippen molar-refractivity contribution in [3.63, 3.8) is 0 Å². The maximum absolute atomic E-state index is 11.4. The topological polar surface area (TPSA) is 38.3 Å². The van der Waals surface area contributed by atoms with Crippen molar-refractivity contribution in [2.75, 3.05) is 6.61 Å². The average Bonchev–Trinajstić information content (AvgIpc) is 2.16. The summed E-state index contributed by atoms with van der Waals surface area (Å²) >= 11 is 9.00. The minimum absolute atomic E-state index is 0.0213. The molecule has 1 N–H and O–H groups in total. The zero-order valence-electron chi connectivity index (χ0n) is 7.59. The number of benzene rings is 1. The zero-order chi connectivity index (χ0) is 11.3. The molecule has 1 aromatic carbocycles. The van der Waals surface area contributed by atoms with Gasteiger partial charge in [-0.3, -0.25) is 9.63 Å². The fourth-order valence-corrected chi connectivity index (χ4v) is 1.75. The van der Waals surface area contributed by atoms with E-state index in [1.807, 2.05) is 0 Å². The molecule has 0 aromatic heterocycles. The van der Waals surface area contributed by atoms with E-state index >= 15 is 0 Å². The number of carbonyl (C=O) groups excluding carboxylic acids is 1. The summed E-state index contributed by atoms with van der Waals surface area (Å²) < 4.78 is 0.720. The molecule has 3 nitrogen and oxygen atoms in total. The predicted molar refractivity (Wildman–Crippen MR) is 61.4 cm³/mol. The average molecular weight is 289 g/mol. The summed E-state index contributed by atoms with van der Waals surface area (Å²) in [7, 11) is 0. The van der Waals surface area contributed by atoms with Gasteiger partial charge in [0.1, 0.15) is 6.61 Å². The van der Waals surface area contributed by atoms with Gasteiger partial charge in [-0.05, 0) is 18.2 Å². The summed E-state index contributed by atoms with van der Waals surface area (Å²) in [6, 6.07) is 4.84. The van der Waals surface area contributed by atoms with Gasteiger partial charge in [0.25, 0.3) is 5.91 Å². The number of hydrogen-bond acceptors (Lipinski definition) is 2. The summed E-state index contributed by atoms with van der Waals surface area (Å²) in [6.07, 6.45) is 4.95. The van der Waals surface area contributed by atoms with Crippen molar-refractivity contribution >= 4 is 33.4 Å². The predicted octanol–water partition coefficient (Wildman–Crippen LogP) is 2.40. The minimum atomic E-state index is -0.395. The van der Waals surface area contributed by atoms with E-state index in [4.69, 9.17) is 18.0 Å². The molecular weight excluding hydrogens is 281 g/mol. The van der Waals surface area contributed by atoms with Crippen LogP contribution in [0.25, 0.3) is 0 Å². The van der Waals surface area contributed by atoms with Gasteiger partial charge < -0.3 is 0 Å². The Hall–Kier alpha value is -1.02. The molecule has 0 saturated heterocycles. The summed E-state index contributed by atoms with van der Waals surface area (Å²) in [6.45, 7) is 0.0213. The molecule has 0 atom stereocenters. The smallest absolute Gasteiger partial charge is 0.267 e. The summed E-state index contributed by atoms with van der Waals surface area (Å²) in [4.78, 5) is 16.1. The fourth-order valence-electron chi connectivity index (χ4n) is 0.887. The zero-order valence-corrected chi connectivity index (χ0v) is 9.93. The highest BCUT2D eigenvalue weighted by Crippen LogP contribution is 2.19.